The van der Waals surface area contributed by atoms with Crippen LogP contribution in [-0.4, -0.2) is 22.6 Å². The molecule has 0 amide bonds. The molecule has 0 spiro atoms. The van der Waals surface area contributed by atoms with Crippen LogP contribution in [0.3, 0.4) is 0 Å². The van der Waals surface area contributed by atoms with E-state index in [1.807, 2.05) is 0 Å². The Morgan fingerprint density at radius 3 is 2.53 bits per heavy atom. The van der Waals surface area contributed by atoms with Crippen LogP contribution in [0.4, 0.5) is 30.5 Å². The van der Waals surface area contributed by atoms with E-state index in [0.717, 1.165) is 12.1 Å². The van der Waals surface area contributed by atoms with E-state index in [9.17, 15) is 23.3 Å². The van der Waals surface area contributed by atoms with Gasteiger partial charge in [0.05, 0.1) is 17.1 Å². The number of hydrogen-bond acceptors (Lipinski definition) is 6. The second kappa shape index (κ2) is 6.18. The van der Waals surface area contributed by atoms with Crippen molar-refractivity contribution >= 4 is 17.3 Å². The van der Waals surface area contributed by atoms with Gasteiger partial charge in [-0.05, 0) is 6.42 Å². The van der Waals surface area contributed by atoms with Crippen LogP contribution in [0.15, 0.2) is 12.1 Å². The summed E-state index contributed by atoms with van der Waals surface area (Å²) in [4.78, 5) is 13.8. The molecule has 4 N–H and O–H groups in total. The quantitative estimate of drug-likeness (QED) is 0.318. The number of nitro groups is 1. The third-order valence-corrected chi connectivity index (χ3v) is 2.11. The van der Waals surface area contributed by atoms with Crippen LogP contribution in [0.25, 0.3) is 0 Å². The summed E-state index contributed by atoms with van der Waals surface area (Å²) >= 11 is 0. The molecule has 19 heavy (non-hydrogen) atoms. The highest BCUT2D eigenvalue weighted by atomic mass is 19.4. The predicted octanol–water partition coefficient (Wildman–Crippen LogP) is 2.03. The lowest BCUT2D eigenvalue weighted by Gasteiger charge is -2.09. The minimum absolute atomic E-state index is 0.00229. The first-order valence-electron chi connectivity index (χ1n) is 5.25. The minimum Gasteiger partial charge on any atom is -0.370 e. The number of nitrogens with two attached hydrogens (primary N) is 1. The van der Waals surface area contributed by atoms with Crippen molar-refractivity contribution in [1.82, 2.24) is 4.98 Å². The second-order valence-electron chi connectivity index (χ2n) is 3.64. The number of nitrogen functional groups attached to an aromatic ring is 1. The summed E-state index contributed by atoms with van der Waals surface area (Å²) in [6.07, 6.45) is -5.31. The highest BCUT2D eigenvalue weighted by molar-refractivity contribution is 5.54. The Morgan fingerprint density at radius 1 is 1.37 bits per heavy atom. The number of nitrogens with zero attached hydrogens (tertiary/aromatic N) is 2. The van der Waals surface area contributed by atoms with E-state index in [0.29, 0.717) is 0 Å². The molecule has 0 atom stereocenters. The first-order chi connectivity index (χ1) is 8.81. The second-order valence-corrected chi connectivity index (χ2v) is 3.64. The molecule has 0 aliphatic rings. The van der Waals surface area contributed by atoms with Gasteiger partial charge in [0.2, 0.25) is 0 Å². The maximum Gasteiger partial charge on any atom is 0.389 e. The molecule has 0 aromatic carbocycles. The van der Waals surface area contributed by atoms with E-state index in [4.69, 9.17) is 5.84 Å². The number of halogens is 3. The lowest BCUT2D eigenvalue weighted by atomic mass is 10.3. The number of nitrogens with one attached hydrogen (secondary N) is 2. The van der Waals surface area contributed by atoms with Crippen molar-refractivity contribution in [3.63, 3.8) is 0 Å². The fourth-order valence-electron chi connectivity index (χ4n) is 1.29. The molecule has 0 saturated carbocycles. The van der Waals surface area contributed by atoms with E-state index >= 15 is 0 Å². The van der Waals surface area contributed by atoms with Gasteiger partial charge in [-0.2, -0.15) is 13.2 Å². The minimum atomic E-state index is -4.22. The van der Waals surface area contributed by atoms with Crippen LogP contribution in [0.2, 0.25) is 0 Å². The van der Waals surface area contributed by atoms with Crippen molar-refractivity contribution < 1.29 is 18.1 Å². The van der Waals surface area contributed by atoms with E-state index in [2.05, 4.69) is 15.7 Å². The van der Waals surface area contributed by atoms with E-state index in [-0.39, 0.29) is 30.3 Å². The Labute approximate surface area is 106 Å². The highest BCUT2D eigenvalue weighted by Crippen LogP contribution is 2.22. The Balaban J connectivity index is 2.62. The normalized spacial score (nSPS) is 11.2. The number of anilines is 2. The molecule has 0 unspecified atom stereocenters. The lowest BCUT2D eigenvalue weighted by Crippen LogP contribution is -2.13. The first kappa shape index (κ1) is 15.0. The molecule has 0 saturated heterocycles. The molecule has 1 aromatic heterocycles. The summed E-state index contributed by atoms with van der Waals surface area (Å²) in [6.45, 7) is -0.00229. The number of rotatable bonds is 6. The van der Waals surface area contributed by atoms with Crippen molar-refractivity contribution in [2.45, 2.75) is 19.0 Å². The van der Waals surface area contributed by atoms with Gasteiger partial charge in [-0.1, -0.05) is 0 Å². The standard InChI is InChI=1S/C9H12F3N5O2/c10-9(11,12)2-1-3-14-7-4-6(17(18)19)5-8(15-7)16-13/h4-5H,1-3,13H2,(H2,14,15,16). The molecule has 7 nitrogen and oxygen atoms in total. The molecule has 1 aromatic rings. The monoisotopic (exact) mass is 279 g/mol. The molecule has 0 fully saturated rings. The van der Waals surface area contributed by atoms with Crippen molar-refractivity contribution in [3.05, 3.63) is 22.2 Å². The maximum atomic E-state index is 11.9. The fourth-order valence-corrected chi connectivity index (χ4v) is 1.29. The van der Waals surface area contributed by atoms with Gasteiger partial charge in [-0.15, -0.1) is 0 Å². The number of aromatic nitrogens is 1. The summed E-state index contributed by atoms with van der Waals surface area (Å²) < 4.78 is 35.7. The molecular weight excluding hydrogens is 267 g/mol. The van der Waals surface area contributed by atoms with Crippen LogP contribution in [-0.2, 0) is 0 Å². The van der Waals surface area contributed by atoms with Gasteiger partial charge in [0.1, 0.15) is 11.6 Å². The van der Waals surface area contributed by atoms with Gasteiger partial charge in [0.15, 0.2) is 0 Å². The zero-order chi connectivity index (χ0) is 14.5. The first-order valence-corrected chi connectivity index (χ1v) is 5.25. The zero-order valence-electron chi connectivity index (χ0n) is 9.70. The summed E-state index contributed by atoms with van der Waals surface area (Å²) in [5.41, 5.74) is 1.88. The van der Waals surface area contributed by atoms with Crippen molar-refractivity contribution in [3.8, 4) is 0 Å². The molecule has 0 radical (unpaired) electrons. The number of hydrazine groups is 1. The van der Waals surface area contributed by atoms with Crippen LogP contribution in [0, 0.1) is 10.1 Å². The Hall–Kier alpha value is -2.10. The summed E-state index contributed by atoms with van der Waals surface area (Å²) in [6, 6.07) is 2.23. The molecule has 0 aliphatic carbocycles. The zero-order valence-corrected chi connectivity index (χ0v) is 9.70. The Morgan fingerprint density at radius 2 is 2.00 bits per heavy atom. The van der Waals surface area contributed by atoms with Gasteiger partial charge in [-0.3, -0.25) is 10.1 Å². The van der Waals surface area contributed by atoms with E-state index in [1.165, 1.54) is 0 Å². The smallest absolute Gasteiger partial charge is 0.370 e. The number of pyridine rings is 1. The van der Waals surface area contributed by atoms with Crippen molar-refractivity contribution in [2.24, 2.45) is 5.84 Å². The topological polar surface area (TPSA) is 106 Å². The largest absolute Gasteiger partial charge is 0.389 e. The molecule has 1 rings (SSSR count). The predicted molar refractivity (Wildman–Crippen MR) is 62.5 cm³/mol. The van der Waals surface area contributed by atoms with Crippen LogP contribution in [0.1, 0.15) is 12.8 Å². The third-order valence-electron chi connectivity index (χ3n) is 2.11. The highest BCUT2D eigenvalue weighted by Gasteiger charge is 2.25. The molecule has 106 valence electrons. The van der Waals surface area contributed by atoms with Crippen LogP contribution < -0.4 is 16.6 Å². The molecule has 1 heterocycles. The van der Waals surface area contributed by atoms with E-state index in [1.54, 1.807) is 0 Å². The summed E-state index contributed by atoms with van der Waals surface area (Å²) in [5.74, 6) is 5.22. The number of alkyl halides is 3. The summed E-state index contributed by atoms with van der Waals surface area (Å²) in [5, 5.41) is 13.2. The van der Waals surface area contributed by atoms with Crippen LogP contribution in [0.5, 0.6) is 0 Å². The fraction of sp³-hybridized carbons (Fsp3) is 0.444. The molecule has 0 aliphatic heterocycles. The SMILES string of the molecule is NNc1cc([N+](=O)[O-])cc(NCCCC(F)(F)F)n1. The Kier molecular flexibility index (Phi) is 4.87. The van der Waals surface area contributed by atoms with Gasteiger partial charge >= 0.3 is 6.18 Å². The van der Waals surface area contributed by atoms with Gasteiger partial charge < -0.3 is 10.7 Å². The maximum absolute atomic E-state index is 11.9. The van der Waals surface area contributed by atoms with Crippen molar-refractivity contribution in [1.29, 1.82) is 0 Å². The average molecular weight is 279 g/mol. The molecule has 0 bridgehead atoms. The van der Waals surface area contributed by atoms with Gasteiger partial charge in [-0.25, -0.2) is 10.8 Å². The third kappa shape index (κ3) is 5.38. The van der Waals surface area contributed by atoms with Gasteiger partial charge in [0.25, 0.3) is 5.69 Å². The average Bonchev–Trinajstić information content (AvgIpc) is 2.33. The van der Waals surface area contributed by atoms with E-state index < -0.39 is 17.5 Å². The van der Waals surface area contributed by atoms with Crippen LogP contribution >= 0.6 is 0 Å². The van der Waals surface area contributed by atoms with Gasteiger partial charge in [0, 0.05) is 13.0 Å². The summed E-state index contributed by atoms with van der Waals surface area (Å²) in [7, 11) is 0. The molecular formula is C9H12F3N5O2. The number of hydrogen-bond donors (Lipinski definition) is 3. The Bertz CT molecular complexity index is 452. The lowest BCUT2D eigenvalue weighted by molar-refractivity contribution is -0.384. The van der Waals surface area contributed by atoms with Crippen molar-refractivity contribution in [2.75, 3.05) is 17.3 Å². The molecule has 10 heteroatoms.